The summed E-state index contributed by atoms with van der Waals surface area (Å²) in [5.74, 6) is -0.777. The molecular weight excluding hydrogens is 286 g/mol. The normalized spacial score (nSPS) is 14.5. The van der Waals surface area contributed by atoms with Crippen LogP contribution in [0.1, 0.15) is 36.5 Å². The number of nitrogens with zero attached hydrogens (tertiary/aromatic N) is 1. The molecule has 1 aliphatic rings. The van der Waals surface area contributed by atoms with Gasteiger partial charge in [-0.3, -0.25) is 4.79 Å². The minimum Gasteiger partial charge on any atom is -0.490 e. The number of hydrogen-bond donors (Lipinski definition) is 1. The Morgan fingerprint density at radius 3 is 2.55 bits per heavy atom. The molecule has 6 nitrogen and oxygen atoms in total. The van der Waals surface area contributed by atoms with Gasteiger partial charge in [-0.1, -0.05) is 6.07 Å². The number of rotatable bonds is 6. The lowest BCUT2D eigenvalue weighted by atomic mass is 10.1. The summed E-state index contributed by atoms with van der Waals surface area (Å²) in [5.41, 5.74) is -0.00241. The van der Waals surface area contributed by atoms with E-state index in [-0.39, 0.29) is 23.8 Å². The molecule has 1 N–H and O–H groups in total. The van der Waals surface area contributed by atoms with Crippen molar-refractivity contribution in [1.82, 2.24) is 4.90 Å². The molecule has 0 spiro atoms. The van der Waals surface area contributed by atoms with Crippen LogP contribution in [0.2, 0.25) is 0 Å². The monoisotopic (exact) mass is 307 g/mol. The third kappa shape index (κ3) is 3.90. The number of piperidine rings is 1. The van der Waals surface area contributed by atoms with Crippen LogP contribution in [0.25, 0.3) is 0 Å². The number of carbonyl (C=O) groups excluding carboxylic acids is 1. The molecule has 120 valence electrons. The quantitative estimate of drug-likeness (QED) is 0.871. The zero-order chi connectivity index (χ0) is 15.9. The Hall–Kier alpha value is -2.24. The second kappa shape index (κ2) is 7.68. The van der Waals surface area contributed by atoms with Gasteiger partial charge in [-0.25, -0.2) is 4.79 Å². The number of ether oxygens (including phenoxy) is 2. The van der Waals surface area contributed by atoms with E-state index in [9.17, 15) is 14.7 Å². The Labute approximate surface area is 129 Å². The number of hydrogen-bond acceptors (Lipinski definition) is 4. The van der Waals surface area contributed by atoms with E-state index in [4.69, 9.17) is 9.47 Å². The van der Waals surface area contributed by atoms with Crippen LogP contribution in [-0.4, -0.2) is 48.2 Å². The van der Waals surface area contributed by atoms with Gasteiger partial charge in [0.05, 0.1) is 6.61 Å². The number of carbonyl (C=O) groups is 2. The molecule has 1 aromatic carbocycles. The maximum Gasteiger partial charge on any atom is 0.339 e. The van der Waals surface area contributed by atoms with Crippen LogP contribution in [0.4, 0.5) is 0 Å². The highest BCUT2D eigenvalue weighted by Crippen LogP contribution is 2.31. The molecule has 1 aromatic rings. The van der Waals surface area contributed by atoms with Gasteiger partial charge in [-0.05, 0) is 38.3 Å². The van der Waals surface area contributed by atoms with Crippen LogP contribution >= 0.6 is 0 Å². The molecule has 0 radical (unpaired) electrons. The molecule has 6 heteroatoms. The molecule has 1 amide bonds. The SMILES string of the molecule is CCOc1cccc(C(=O)O)c1OCC(=O)N1CCCCC1. The fraction of sp³-hybridized carbons (Fsp3) is 0.500. The average Bonchev–Trinajstić information content (AvgIpc) is 2.54. The van der Waals surface area contributed by atoms with Gasteiger partial charge >= 0.3 is 5.97 Å². The van der Waals surface area contributed by atoms with Crippen LogP contribution < -0.4 is 9.47 Å². The van der Waals surface area contributed by atoms with Gasteiger partial charge < -0.3 is 19.5 Å². The van der Waals surface area contributed by atoms with E-state index in [1.165, 1.54) is 6.07 Å². The number of aromatic carboxylic acids is 1. The van der Waals surface area contributed by atoms with E-state index >= 15 is 0 Å². The van der Waals surface area contributed by atoms with Gasteiger partial charge in [0, 0.05) is 13.1 Å². The number of carboxylic acids is 1. The summed E-state index contributed by atoms with van der Waals surface area (Å²) in [4.78, 5) is 25.2. The zero-order valence-electron chi connectivity index (χ0n) is 12.7. The lowest BCUT2D eigenvalue weighted by Gasteiger charge is -2.26. The van der Waals surface area contributed by atoms with Crippen LogP contribution in [0.15, 0.2) is 18.2 Å². The number of carboxylic acid groups (broad SMARTS) is 1. The Bertz CT molecular complexity index is 537. The van der Waals surface area contributed by atoms with Gasteiger partial charge in [0.25, 0.3) is 5.91 Å². The van der Waals surface area contributed by atoms with Gasteiger partial charge in [0.2, 0.25) is 0 Å². The van der Waals surface area contributed by atoms with Crippen LogP contribution in [0, 0.1) is 0 Å². The van der Waals surface area contributed by atoms with Crippen LogP contribution in [-0.2, 0) is 4.79 Å². The number of likely N-dealkylation sites (tertiary alicyclic amines) is 1. The maximum atomic E-state index is 12.1. The molecule has 2 rings (SSSR count). The van der Waals surface area contributed by atoms with Crippen molar-refractivity contribution in [2.75, 3.05) is 26.3 Å². The van der Waals surface area contributed by atoms with Crippen molar-refractivity contribution in [1.29, 1.82) is 0 Å². The Morgan fingerprint density at radius 1 is 1.18 bits per heavy atom. The van der Waals surface area contributed by atoms with Gasteiger partial charge in [0.1, 0.15) is 5.56 Å². The van der Waals surface area contributed by atoms with Crippen molar-refractivity contribution >= 4 is 11.9 Å². The summed E-state index contributed by atoms with van der Waals surface area (Å²) in [6.45, 7) is 3.49. The number of amides is 1. The van der Waals surface area contributed by atoms with Crippen molar-refractivity contribution in [3.63, 3.8) is 0 Å². The predicted molar refractivity (Wildman–Crippen MR) is 80.5 cm³/mol. The summed E-state index contributed by atoms with van der Waals surface area (Å²) in [6, 6.07) is 4.66. The minimum atomic E-state index is -1.11. The summed E-state index contributed by atoms with van der Waals surface area (Å²) in [5, 5.41) is 9.24. The van der Waals surface area contributed by atoms with E-state index in [0.717, 1.165) is 32.4 Å². The number of benzene rings is 1. The molecule has 0 saturated carbocycles. The molecule has 1 saturated heterocycles. The molecule has 0 atom stereocenters. The summed E-state index contributed by atoms with van der Waals surface area (Å²) < 4.78 is 10.9. The lowest BCUT2D eigenvalue weighted by molar-refractivity contribution is -0.134. The fourth-order valence-electron chi connectivity index (χ4n) is 2.47. The second-order valence-corrected chi connectivity index (χ2v) is 5.10. The fourth-order valence-corrected chi connectivity index (χ4v) is 2.47. The standard InChI is InChI=1S/C16H21NO5/c1-2-21-13-8-6-7-12(16(19)20)15(13)22-11-14(18)17-9-4-3-5-10-17/h6-8H,2-5,9-11H2,1H3,(H,19,20). The topological polar surface area (TPSA) is 76.1 Å². The van der Waals surface area contributed by atoms with Crippen molar-refractivity contribution in [3.8, 4) is 11.5 Å². The number of para-hydroxylation sites is 1. The van der Waals surface area contributed by atoms with Gasteiger partial charge in [-0.2, -0.15) is 0 Å². The maximum absolute atomic E-state index is 12.1. The highest BCUT2D eigenvalue weighted by atomic mass is 16.5. The molecule has 0 aliphatic carbocycles. The van der Waals surface area contributed by atoms with Crippen molar-refractivity contribution in [2.45, 2.75) is 26.2 Å². The Balaban J connectivity index is 2.09. The van der Waals surface area contributed by atoms with E-state index < -0.39 is 5.97 Å². The van der Waals surface area contributed by atoms with E-state index in [1.54, 1.807) is 24.0 Å². The first kappa shape index (κ1) is 16.1. The zero-order valence-corrected chi connectivity index (χ0v) is 12.7. The van der Waals surface area contributed by atoms with Crippen molar-refractivity contribution in [3.05, 3.63) is 23.8 Å². The van der Waals surface area contributed by atoms with Crippen LogP contribution in [0.3, 0.4) is 0 Å². The van der Waals surface area contributed by atoms with Gasteiger partial charge in [-0.15, -0.1) is 0 Å². The molecule has 0 unspecified atom stereocenters. The first-order chi connectivity index (χ1) is 10.6. The Morgan fingerprint density at radius 2 is 1.91 bits per heavy atom. The van der Waals surface area contributed by atoms with E-state index in [0.29, 0.717) is 12.4 Å². The smallest absolute Gasteiger partial charge is 0.339 e. The van der Waals surface area contributed by atoms with E-state index in [2.05, 4.69) is 0 Å². The van der Waals surface area contributed by atoms with E-state index in [1.807, 2.05) is 0 Å². The molecule has 1 aliphatic heterocycles. The van der Waals surface area contributed by atoms with Crippen LogP contribution in [0.5, 0.6) is 11.5 Å². The highest BCUT2D eigenvalue weighted by molar-refractivity contribution is 5.92. The summed E-state index contributed by atoms with van der Waals surface area (Å²) in [7, 11) is 0. The molecule has 1 fully saturated rings. The first-order valence-corrected chi connectivity index (χ1v) is 7.53. The molecule has 1 heterocycles. The first-order valence-electron chi connectivity index (χ1n) is 7.53. The molecule has 22 heavy (non-hydrogen) atoms. The largest absolute Gasteiger partial charge is 0.490 e. The van der Waals surface area contributed by atoms with Gasteiger partial charge in [0.15, 0.2) is 18.1 Å². The third-order valence-electron chi connectivity index (χ3n) is 3.56. The Kier molecular flexibility index (Phi) is 5.63. The van der Waals surface area contributed by atoms with Crippen molar-refractivity contribution in [2.24, 2.45) is 0 Å². The predicted octanol–water partition coefficient (Wildman–Crippen LogP) is 2.17. The highest BCUT2D eigenvalue weighted by Gasteiger charge is 2.21. The molecule has 0 aromatic heterocycles. The second-order valence-electron chi connectivity index (χ2n) is 5.10. The van der Waals surface area contributed by atoms with Crippen molar-refractivity contribution < 1.29 is 24.2 Å². The third-order valence-corrected chi connectivity index (χ3v) is 3.56. The average molecular weight is 307 g/mol. The minimum absolute atomic E-state index is 0.00241. The summed E-state index contributed by atoms with van der Waals surface area (Å²) >= 11 is 0. The summed E-state index contributed by atoms with van der Waals surface area (Å²) in [6.07, 6.45) is 3.14. The molecule has 0 bridgehead atoms. The lowest BCUT2D eigenvalue weighted by Crippen LogP contribution is -2.38. The molecular formula is C16H21NO5.